The van der Waals surface area contributed by atoms with Gasteiger partial charge in [0.1, 0.15) is 29.7 Å². The largest absolute Gasteiger partial charge is 0.471 e. The van der Waals surface area contributed by atoms with Crippen molar-refractivity contribution in [2.45, 2.75) is 39.9 Å². The van der Waals surface area contributed by atoms with E-state index in [1.54, 1.807) is 51.2 Å². The molecule has 2 heterocycles. The first-order valence-electron chi connectivity index (χ1n) is 11.0. The Morgan fingerprint density at radius 2 is 1.83 bits per heavy atom. The summed E-state index contributed by atoms with van der Waals surface area (Å²) in [5, 5.41) is 9.96. The zero-order chi connectivity index (χ0) is 26.2. The fourth-order valence-corrected chi connectivity index (χ4v) is 3.76. The average molecular weight is 513 g/mol. The number of aromatic nitrogens is 4. The molecule has 186 valence electrons. The van der Waals surface area contributed by atoms with Crippen LogP contribution in [0.2, 0.25) is 5.02 Å². The van der Waals surface area contributed by atoms with E-state index in [9.17, 15) is 18.7 Å². The van der Waals surface area contributed by atoms with Gasteiger partial charge in [-0.25, -0.2) is 18.7 Å². The molecule has 0 bridgehead atoms. The van der Waals surface area contributed by atoms with Crippen molar-refractivity contribution in [1.29, 1.82) is 0 Å². The molecule has 0 aliphatic rings. The van der Waals surface area contributed by atoms with Gasteiger partial charge in [0.05, 0.1) is 11.4 Å². The maximum absolute atomic E-state index is 14.1. The highest BCUT2D eigenvalue weighted by molar-refractivity contribution is 6.31. The van der Waals surface area contributed by atoms with E-state index in [1.165, 1.54) is 17.6 Å². The van der Waals surface area contributed by atoms with E-state index >= 15 is 0 Å². The Morgan fingerprint density at radius 3 is 2.56 bits per heavy atom. The lowest BCUT2D eigenvalue weighted by Crippen LogP contribution is -2.23. The minimum Gasteiger partial charge on any atom is -0.471 e. The summed E-state index contributed by atoms with van der Waals surface area (Å²) < 4.78 is 34.5. The van der Waals surface area contributed by atoms with Crippen LogP contribution in [-0.4, -0.2) is 24.6 Å². The second kappa shape index (κ2) is 9.75. The van der Waals surface area contributed by atoms with Crippen LogP contribution in [-0.2, 0) is 12.2 Å². The Balaban J connectivity index is 1.67. The number of hydrogen-bond acceptors (Lipinski definition) is 6. The molecule has 0 unspecified atom stereocenters. The Bertz CT molecular complexity index is 1520. The molecule has 0 radical (unpaired) electrons. The van der Waals surface area contributed by atoms with Gasteiger partial charge in [0, 0.05) is 23.4 Å². The topological polar surface area (TPSA) is 90.1 Å². The van der Waals surface area contributed by atoms with Crippen LogP contribution in [0.25, 0.3) is 16.9 Å². The van der Waals surface area contributed by atoms with Gasteiger partial charge in [0.25, 0.3) is 5.56 Å². The Labute approximate surface area is 211 Å². The minimum atomic E-state index is -1.22. The standard InChI is InChI=1S/C26H23ClF2N4O3/c1-14-10-17(20(29)12-19(14)28)13-36-23-22(27)24(34)33(15(2)31-23)18-7-5-6-16(11-18)21-8-9-30-25(32-21)26(3,4)35/h5-12,35H,13H2,1-4H3. The minimum absolute atomic E-state index is 0.108. The molecule has 0 aliphatic heterocycles. The number of rotatable bonds is 6. The van der Waals surface area contributed by atoms with Gasteiger partial charge < -0.3 is 9.84 Å². The number of ether oxygens (including phenoxy) is 1. The van der Waals surface area contributed by atoms with E-state index in [1.807, 2.05) is 6.07 Å². The molecule has 1 N–H and O–H groups in total. The first kappa shape index (κ1) is 25.4. The van der Waals surface area contributed by atoms with Crippen LogP contribution in [0.4, 0.5) is 8.78 Å². The normalized spacial score (nSPS) is 11.6. The molecule has 2 aromatic heterocycles. The molecule has 0 saturated heterocycles. The van der Waals surface area contributed by atoms with Crippen LogP contribution < -0.4 is 10.3 Å². The average Bonchev–Trinajstić information content (AvgIpc) is 2.83. The third kappa shape index (κ3) is 5.12. The quantitative estimate of drug-likeness (QED) is 0.389. The Hall–Kier alpha value is -3.69. The fraction of sp³-hybridized carbons (Fsp3) is 0.231. The molecule has 10 heteroatoms. The number of nitrogens with zero attached hydrogens (tertiary/aromatic N) is 4. The summed E-state index contributed by atoms with van der Waals surface area (Å²) >= 11 is 6.29. The summed E-state index contributed by atoms with van der Waals surface area (Å²) in [5.74, 6) is -1.04. The number of halogens is 3. The molecule has 0 spiro atoms. The SMILES string of the molecule is Cc1cc(COc2nc(C)n(-c3cccc(-c4ccnc(C(C)(C)O)n4)c3)c(=O)c2Cl)c(F)cc1F. The number of aryl methyl sites for hydroxylation is 2. The van der Waals surface area contributed by atoms with Crippen molar-refractivity contribution < 1.29 is 18.6 Å². The number of benzene rings is 2. The highest BCUT2D eigenvalue weighted by atomic mass is 35.5. The summed E-state index contributed by atoms with van der Waals surface area (Å²) in [6, 6.07) is 10.8. The fourth-order valence-electron chi connectivity index (χ4n) is 3.57. The van der Waals surface area contributed by atoms with Crippen LogP contribution in [0, 0.1) is 25.5 Å². The molecule has 7 nitrogen and oxygen atoms in total. The highest BCUT2D eigenvalue weighted by Gasteiger charge is 2.21. The molecule has 4 rings (SSSR count). The third-order valence-corrected chi connectivity index (χ3v) is 5.78. The van der Waals surface area contributed by atoms with Gasteiger partial charge in [-0.2, -0.15) is 4.98 Å². The molecule has 4 aromatic rings. The van der Waals surface area contributed by atoms with Crippen molar-refractivity contribution in [1.82, 2.24) is 19.5 Å². The van der Waals surface area contributed by atoms with Crippen LogP contribution >= 0.6 is 11.6 Å². The molecule has 0 fully saturated rings. The summed E-state index contributed by atoms with van der Waals surface area (Å²) in [6.45, 7) is 6.02. The van der Waals surface area contributed by atoms with Gasteiger partial charge in [0.2, 0.25) is 5.88 Å². The van der Waals surface area contributed by atoms with Gasteiger partial charge in [-0.1, -0.05) is 23.7 Å². The summed E-state index contributed by atoms with van der Waals surface area (Å²) in [6.07, 6.45) is 1.55. The number of hydrogen-bond donors (Lipinski definition) is 1. The molecular formula is C26H23ClF2N4O3. The first-order chi connectivity index (χ1) is 17.0. The third-order valence-electron chi connectivity index (χ3n) is 5.46. The molecule has 0 saturated carbocycles. The van der Waals surface area contributed by atoms with Gasteiger partial charge in [-0.3, -0.25) is 9.36 Å². The summed E-state index contributed by atoms with van der Waals surface area (Å²) in [5.41, 5.74) is 0.307. The summed E-state index contributed by atoms with van der Waals surface area (Å²) in [4.78, 5) is 26.0. The predicted octanol–water partition coefficient (Wildman–Crippen LogP) is 5.04. The van der Waals surface area contributed by atoms with Crippen molar-refractivity contribution in [3.05, 3.63) is 98.4 Å². The van der Waals surface area contributed by atoms with Gasteiger partial charge in [-0.05, 0) is 57.5 Å². The zero-order valence-corrected chi connectivity index (χ0v) is 20.8. The van der Waals surface area contributed by atoms with Gasteiger partial charge >= 0.3 is 0 Å². The van der Waals surface area contributed by atoms with E-state index in [0.717, 1.165) is 6.07 Å². The smallest absolute Gasteiger partial charge is 0.280 e. The maximum atomic E-state index is 14.1. The molecule has 0 aliphatic carbocycles. The predicted molar refractivity (Wildman–Crippen MR) is 131 cm³/mol. The van der Waals surface area contributed by atoms with E-state index in [2.05, 4.69) is 15.0 Å². The molecule has 0 atom stereocenters. The Kier molecular flexibility index (Phi) is 6.88. The maximum Gasteiger partial charge on any atom is 0.280 e. The van der Waals surface area contributed by atoms with Crippen molar-refractivity contribution in [3.63, 3.8) is 0 Å². The van der Waals surface area contributed by atoms with E-state index in [0.29, 0.717) is 16.9 Å². The van der Waals surface area contributed by atoms with Crippen LogP contribution in [0.15, 0.2) is 53.5 Å². The second-order valence-electron chi connectivity index (χ2n) is 8.78. The van der Waals surface area contributed by atoms with Crippen molar-refractivity contribution in [2.24, 2.45) is 0 Å². The lowest BCUT2D eigenvalue weighted by molar-refractivity contribution is 0.0688. The second-order valence-corrected chi connectivity index (χ2v) is 9.15. The highest BCUT2D eigenvalue weighted by Crippen LogP contribution is 2.25. The van der Waals surface area contributed by atoms with E-state index in [4.69, 9.17) is 16.3 Å². The molecule has 36 heavy (non-hydrogen) atoms. The zero-order valence-electron chi connectivity index (χ0n) is 20.0. The molecule has 0 amide bonds. The van der Waals surface area contributed by atoms with Crippen LogP contribution in [0.5, 0.6) is 5.88 Å². The van der Waals surface area contributed by atoms with Gasteiger partial charge in [-0.15, -0.1) is 0 Å². The van der Waals surface area contributed by atoms with Gasteiger partial charge in [0.15, 0.2) is 10.8 Å². The van der Waals surface area contributed by atoms with Crippen molar-refractivity contribution in [2.75, 3.05) is 0 Å². The van der Waals surface area contributed by atoms with E-state index < -0.39 is 22.8 Å². The lowest BCUT2D eigenvalue weighted by atomic mass is 10.1. The van der Waals surface area contributed by atoms with Crippen molar-refractivity contribution >= 4 is 11.6 Å². The van der Waals surface area contributed by atoms with Crippen molar-refractivity contribution in [3.8, 4) is 22.8 Å². The summed E-state index contributed by atoms with van der Waals surface area (Å²) in [7, 11) is 0. The number of aliphatic hydroxyl groups is 1. The monoisotopic (exact) mass is 512 g/mol. The first-order valence-corrected chi connectivity index (χ1v) is 11.4. The molecular weight excluding hydrogens is 490 g/mol. The van der Waals surface area contributed by atoms with Crippen LogP contribution in [0.3, 0.4) is 0 Å². The molecule has 2 aromatic carbocycles. The lowest BCUT2D eigenvalue weighted by Gasteiger charge is -2.16. The Morgan fingerprint density at radius 1 is 1.08 bits per heavy atom. The van der Waals surface area contributed by atoms with Crippen LogP contribution in [0.1, 0.15) is 36.6 Å². The van der Waals surface area contributed by atoms with E-state index in [-0.39, 0.29) is 40.3 Å².